The Morgan fingerprint density at radius 2 is 2.08 bits per heavy atom. The van der Waals surface area contributed by atoms with Gasteiger partial charge in [0.1, 0.15) is 12.3 Å². The number of aliphatic hydroxyl groups is 1. The van der Waals surface area contributed by atoms with Crippen LogP contribution in [0.4, 0.5) is 17.3 Å². The number of aromatic nitrogens is 2. The molecule has 2 heterocycles. The fourth-order valence-electron chi connectivity index (χ4n) is 4.96. The van der Waals surface area contributed by atoms with Crippen LogP contribution in [0.25, 0.3) is 11.3 Å². The van der Waals surface area contributed by atoms with Crippen molar-refractivity contribution in [1.82, 2.24) is 9.97 Å². The van der Waals surface area contributed by atoms with Gasteiger partial charge in [0.2, 0.25) is 5.95 Å². The van der Waals surface area contributed by atoms with Gasteiger partial charge in [-0.1, -0.05) is 25.8 Å². The molecule has 1 aromatic heterocycles. The number of rotatable bonds is 9. The summed E-state index contributed by atoms with van der Waals surface area (Å²) in [5, 5.41) is 32.8. The maximum atomic E-state index is 11.2. The highest BCUT2D eigenvalue weighted by Gasteiger charge is 2.40. The number of fused-ring (bicyclic) bond motifs is 1. The average Bonchev–Trinajstić information content (AvgIpc) is 3.71. The molecule has 0 amide bonds. The number of hydrogen-bond donors (Lipinski definition) is 2. The Morgan fingerprint density at radius 1 is 1.24 bits per heavy atom. The molecule has 183 valence electrons. The van der Waals surface area contributed by atoms with E-state index in [0.717, 1.165) is 35.6 Å². The first-order valence-electron chi connectivity index (χ1n) is 12.4. The summed E-state index contributed by atoms with van der Waals surface area (Å²) in [7, 11) is 1.39. The number of benzene rings is 2. The molecule has 5 rings (SSSR count). The van der Waals surface area contributed by atoms with Crippen LogP contribution < -0.4 is 10.1 Å². The van der Waals surface area contributed by atoms with Crippen LogP contribution in [0.3, 0.4) is 0 Å². The van der Waals surface area contributed by atoms with Crippen molar-refractivity contribution in [3.63, 3.8) is 0 Å². The zero-order valence-corrected chi connectivity index (χ0v) is 20.6. The lowest BCUT2D eigenvalue weighted by atomic mass is 9.83. The van der Waals surface area contributed by atoms with Gasteiger partial charge >= 0.3 is 7.41 Å². The summed E-state index contributed by atoms with van der Waals surface area (Å²) < 4.78 is 0. The maximum absolute atomic E-state index is 11.2. The van der Waals surface area contributed by atoms with Gasteiger partial charge in [-0.3, -0.25) is 0 Å². The molecule has 1 fully saturated rings. The zero-order chi connectivity index (χ0) is 26.0. The Labute approximate surface area is 216 Å². The molecule has 8 nitrogen and oxygen atoms in total. The van der Waals surface area contributed by atoms with Gasteiger partial charge in [-0.15, -0.1) is 0 Å². The highest BCUT2D eigenvalue weighted by Crippen LogP contribution is 2.44. The van der Waals surface area contributed by atoms with Crippen LogP contribution in [0.2, 0.25) is 0 Å². The van der Waals surface area contributed by atoms with Crippen molar-refractivity contribution in [3.8, 4) is 23.4 Å². The third-order valence-electron chi connectivity index (χ3n) is 7.23. The van der Waals surface area contributed by atoms with E-state index in [2.05, 4.69) is 22.4 Å². The molecule has 0 bridgehead atoms. The second kappa shape index (κ2) is 10.0. The van der Waals surface area contributed by atoms with E-state index in [1.807, 2.05) is 31.2 Å². The molecule has 1 radical (unpaired) electrons. The van der Waals surface area contributed by atoms with Gasteiger partial charge < -0.3 is 20.0 Å². The van der Waals surface area contributed by atoms with E-state index in [-0.39, 0.29) is 6.61 Å². The molecule has 37 heavy (non-hydrogen) atoms. The Bertz CT molecular complexity index is 1440. The van der Waals surface area contributed by atoms with Crippen molar-refractivity contribution in [2.45, 2.75) is 38.0 Å². The molecule has 0 unspecified atom stereocenters. The summed E-state index contributed by atoms with van der Waals surface area (Å²) in [5.74, 6) is 1.18. The van der Waals surface area contributed by atoms with Crippen LogP contribution in [-0.2, 0) is 16.6 Å². The lowest BCUT2D eigenvalue weighted by Gasteiger charge is -2.23. The Hall–Kier alpha value is -4.21. The molecule has 1 atom stereocenters. The average molecular weight is 489 g/mol. The van der Waals surface area contributed by atoms with Crippen molar-refractivity contribution in [2.75, 3.05) is 23.3 Å². The van der Waals surface area contributed by atoms with E-state index < -0.39 is 5.41 Å². The van der Waals surface area contributed by atoms with Crippen molar-refractivity contribution < 1.29 is 9.90 Å². The molecule has 2 aliphatic rings. The quantitative estimate of drug-likeness (QED) is 0.343. The highest BCUT2D eigenvalue weighted by atomic mass is 16.3. The van der Waals surface area contributed by atoms with E-state index >= 15 is 0 Å². The van der Waals surface area contributed by atoms with Crippen molar-refractivity contribution >= 4 is 30.9 Å². The van der Waals surface area contributed by atoms with Crippen molar-refractivity contribution in [1.29, 1.82) is 10.5 Å². The third-order valence-corrected chi connectivity index (χ3v) is 7.23. The van der Waals surface area contributed by atoms with Crippen LogP contribution in [0.1, 0.15) is 48.4 Å². The normalized spacial score (nSPS) is 18.0. The highest BCUT2D eigenvalue weighted by molar-refractivity contribution is 6.70. The van der Waals surface area contributed by atoms with Gasteiger partial charge in [0.25, 0.3) is 0 Å². The number of hydrogen-bond acceptors (Lipinski definition) is 8. The number of aliphatic hydroxyl groups excluding tert-OH is 1. The zero-order valence-electron chi connectivity index (χ0n) is 20.6. The molecular formula is C28H26BN6O2. The minimum absolute atomic E-state index is 0.132. The molecule has 9 heteroatoms. The van der Waals surface area contributed by atoms with E-state index in [0.29, 0.717) is 46.8 Å². The van der Waals surface area contributed by atoms with Gasteiger partial charge in [-0.2, -0.15) is 10.5 Å². The summed E-state index contributed by atoms with van der Waals surface area (Å²) >= 11 is 0. The molecule has 0 saturated heterocycles. The minimum Gasteiger partial charge on any atom is -0.410 e. The van der Waals surface area contributed by atoms with Crippen LogP contribution in [-0.4, -0.2) is 41.8 Å². The summed E-state index contributed by atoms with van der Waals surface area (Å²) in [5.41, 5.74) is 5.02. The first-order chi connectivity index (χ1) is 18.0. The lowest BCUT2D eigenvalue weighted by molar-refractivity contribution is 0.217. The van der Waals surface area contributed by atoms with Crippen LogP contribution >= 0.6 is 0 Å². The van der Waals surface area contributed by atoms with E-state index in [9.17, 15) is 20.4 Å². The molecule has 0 spiro atoms. The van der Waals surface area contributed by atoms with Crippen LogP contribution in [0.15, 0.2) is 42.6 Å². The van der Waals surface area contributed by atoms with Gasteiger partial charge in [-0.05, 0) is 60.2 Å². The monoisotopic (exact) mass is 489 g/mol. The third kappa shape index (κ3) is 4.91. The number of nitrogens with zero attached hydrogens (tertiary/aromatic N) is 5. The fraction of sp³-hybridized carbons (Fsp3) is 0.321. The number of carbonyl (C=O) groups is 1. The molecule has 2 aromatic carbocycles. The smallest absolute Gasteiger partial charge is 0.329 e. The predicted octanol–water partition coefficient (Wildman–Crippen LogP) is 3.85. The van der Waals surface area contributed by atoms with Crippen LogP contribution in [0.5, 0.6) is 0 Å². The Kier molecular flexibility index (Phi) is 6.65. The minimum atomic E-state index is -0.640. The first-order valence-corrected chi connectivity index (χ1v) is 12.4. The second-order valence-electron chi connectivity index (χ2n) is 10.0. The Morgan fingerprint density at radius 3 is 2.78 bits per heavy atom. The summed E-state index contributed by atoms with van der Waals surface area (Å²) in [4.78, 5) is 22.0. The summed E-state index contributed by atoms with van der Waals surface area (Å²) in [6.07, 6.45) is 6.95. The lowest BCUT2D eigenvalue weighted by Crippen LogP contribution is -2.36. The standard InChI is InChI=1S/C28H26BN6O2/c1-28(16-36)15-35(29-17-37)26-22(14-31)11-21(12-23(26)28)24-8-9-32-27(33-24)34-25-10-19(13-30)5-7-20(25)6-4-18-2-3-18/h5,7-12,17-18,36H,2-4,6,15-16H2,1H3,(H,32,33,34)/t28-/m1/s1. The number of nitriles is 2. The SMILES string of the molecule is C[C@]1(CO)CN([B]C=O)c2c(C#N)cc(-c3ccnc(Nc4cc(C#N)ccc4CCC4CC4)n3)cc21. The molecule has 1 aliphatic heterocycles. The van der Waals surface area contributed by atoms with E-state index in [1.165, 1.54) is 20.3 Å². The molecule has 3 aromatic rings. The topological polar surface area (TPSA) is 126 Å². The number of anilines is 3. The molecule has 1 saturated carbocycles. The maximum Gasteiger partial charge on any atom is 0.329 e. The largest absolute Gasteiger partial charge is 0.410 e. The van der Waals surface area contributed by atoms with E-state index in [4.69, 9.17) is 4.98 Å². The van der Waals surface area contributed by atoms with E-state index in [1.54, 1.807) is 23.1 Å². The Balaban J connectivity index is 1.50. The predicted molar refractivity (Wildman–Crippen MR) is 142 cm³/mol. The molecule has 2 N–H and O–H groups in total. The van der Waals surface area contributed by atoms with Gasteiger partial charge in [0, 0.05) is 35.1 Å². The summed E-state index contributed by atoms with van der Waals surface area (Å²) in [6.45, 7) is 2.17. The van der Waals surface area contributed by atoms with Gasteiger partial charge in [0.15, 0.2) is 0 Å². The van der Waals surface area contributed by atoms with Gasteiger partial charge in [-0.25, -0.2) is 9.97 Å². The number of carbonyl (C=O) groups excluding carboxylic acids is 1. The van der Waals surface area contributed by atoms with Crippen molar-refractivity contribution in [2.24, 2.45) is 5.92 Å². The number of nitrogens with one attached hydrogen (secondary N) is 1. The summed E-state index contributed by atoms with van der Waals surface area (Å²) in [6, 6.07) is 15.5. The second-order valence-corrected chi connectivity index (χ2v) is 10.0. The first kappa shape index (κ1) is 24.5. The van der Waals surface area contributed by atoms with Gasteiger partial charge in [0.05, 0.1) is 29.5 Å². The number of aryl methyl sites for hydroxylation is 1. The van der Waals surface area contributed by atoms with Crippen LogP contribution in [0, 0.1) is 28.6 Å². The molecular weight excluding hydrogens is 463 g/mol. The molecule has 1 aliphatic carbocycles. The van der Waals surface area contributed by atoms with Crippen molar-refractivity contribution in [3.05, 3.63) is 64.8 Å². The fourth-order valence-corrected chi connectivity index (χ4v) is 4.96.